The van der Waals surface area contributed by atoms with E-state index in [9.17, 15) is 9.59 Å². The molecule has 0 saturated heterocycles. The molecule has 1 aromatic carbocycles. The SMILES string of the molecule is Cc1c(C2CCCCC2)cc(CN=C=O)c(CN=C=O)c1C. The summed E-state index contributed by atoms with van der Waals surface area (Å²) in [7, 11) is 0. The van der Waals surface area contributed by atoms with Crippen molar-refractivity contribution in [1.82, 2.24) is 0 Å². The van der Waals surface area contributed by atoms with E-state index in [0.29, 0.717) is 19.0 Å². The number of hydrogen-bond donors (Lipinski definition) is 0. The van der Waals surface area contributed by atoms with Gasteiger partial charge < -0.3 is 0 Å². The molecule has 4 heteroatoms. The molecule has 1 aromatic rings. The summed E-state index contributed by atoms with van der Waals surface area (Å²) in [5.74, 6) is 0.593. The number of isocyanates is 2. The zero-order valence-electron chi connectivity index (χ0n) is 13.3. The second kappa shape index (κ2) is 7.84. The van der Waals surface area contributed by atoms with Gasteiger partial charge in [0, 0.05) is 0 Å². The Labute approximate surface area is 131 Å². The number of nitrogens with zero attached hydrogens (tertiary/aromatic N) is 2. The highest BCUT2D eigenvalue weighted by atomic mass is 16.1. The normalized spacial score (nSPS) is 15.0. The molecule has 0 atom stereocenters. The third kappa shape index (κ3) is 3.59. The van der Waals surface area contributed by atoms with Gasteiger partial charge in [0.15, 0.2) is 0 Å². The van der Waals surface area contributed by atoms with Crippen LogP contribution in [0.1, 0.15) is 65.8 Å². The zero-order valence-corrected chi connectivity index (χ0v) is 13.3. The summed E-state index contributed by atoms with van der Waals surface area (Å²) in [6, 6.07) is 2.16. The summed E-state index contributed by atoms with van der Waals surface area (Å²) < 4.78 is 0. The summed E-state index contributed by atoms with van der Waals surface area (Å²) in [4.78, 5) is 28.3. The van der Waals surface area contributed by atoms with Gasteiger partial charge in [-0.2, -0.15) is 0 Å². The lowest BCUT2D eigenvalue weighted by Crippen LogP contribution is -2.10. The van der Waals surface area contributed by atoms with Crippen LogP contribution >= 0.6 is 0 Å². The highest BCUT2D eigenvalue weighted by Crippen LogP contribution is 2.37. The quantitative estimate of drug-likeness (QED) is 0.609. The van der Waals surface area contributed by atoms with Gasteiger partial charge in [-0.1, -0.05) is 25.3 Å². The molecule has 0 unspecified atom stereocenters. The van der Waals surface area contributed by atoms with Crippen molar-refractivity contribution in [2.75, 3.05) is 0 Å². The van der Waals surface area contributed by atoms with Gasteiger partial charge in [-0.3, -0.25) is 0 Å². The first-order valence-electron chi connectivity index (χ1n) is 7.88. The van der Waals surface area contributed by atoms with Crippen LogP contribution in [0, 0.1) is 13.8 Å². The molecule has 4 nitrogen and oxygen atoms in total. The maximum Gasteiger partial charge on any atom is 0.235 e. The summed E-state index contributed by atoms with van der Waals surface area (Å²) in [5, 5.41) is 0. The van der Waals surface area contributed by atoms with Gasteiger partial charge >= 0.3 is 0 Å². The van der Waals surface area contributed by atoms with E-state index in [0.717, 1.165) is 16.7 Å². The van der Waals surface area contributed by atoms with Crippen LogP contribution in [-0.4, -0.2) is 12.2 Å². The fourth-order valence-electron chi connectivity index (χ4n) is 3.49. The summed E-state index contributed by atoms with van der Waals surface area (Å²) in [6.07, 6.45) is 9.52. The largest absolute Gasteiger partial charge is 0.235 e. The van der Waals surface area contributed by atoms with E-state index >= 15 is 0 Å². The molecule has 0 amide bonds. The standard InChI is InChI=1S/C18H22N2O2/c1-13-14(2)18(10-20-12-22)16(9-19-11-21)8-17(13)15-6-4-3-5-7-15/h8,15H,3-7,9-10H2,1-2H3. The van der Waals surface area contributed by atoms with Gasteiger partial charge in [0.2, 0.25) is 12.2 Å². The second-order valence-corrected chi connectivity index (χ2v) is 6.00. The molecule has 116 valence electrons. The lowest BCUT2D eigenvalue weighted by molar-refractivity contribution is 0.442. The molecule has 0 radical (unpaired) electrons. The van der Waals surface area contributed by atoms with E-state index in [1.54, 1.807) is 12.2 Å². The second-order valence-electron chi connectivity index (χ2n) is 6.00. The summed E-state index contributed by atoms with van der Waals surface area (Å²) >= 11 is 0. The fourth-order valence-corrected chi connectivity index (χ4v) is 3.49. The Morgan fingerprint density at radius 3 is 2.27 bits per heavy atom. The molecular weight excluding hydrogens is 276 g/mol. The zero-order chi connectivity index (χ0) is 15.9. The van der Waals surface area contributed by atoms with E-state index < -0.39 is 0 Å². The maximum absolute atomic E-state index is 10.5. The minimum absolute atomic E-state index is 0.296. The van der Waals surface area contributed by atoms with Crippen LogP contribution in [0.4, 0.5) is 0 Å². The van der Waals surface area contributed by atoms with Crippen molar-refractivity contribution in [2.24, 2.45) is 9.98 Å². The summed E-state index contributed by atoms with van der Waals surface area (Å²) in [6.45, 7) is 4.80. The van der Waals surface area contributed by atoms with E-state index in [1.165, 1.54) is 43.2 Å². The van der Waals surface area contributed by atoms with Crippen LogP contribution in [-0.2, 0) is 22.7 Å². The molecule has 0 heterocycles. The number of aliphatic imine (C=N–C) groups is 2. The molecule has 1 aliphatic carbocycles. The van der Waals surface area contributed by atoms with Crippen molar-refractivity contribution >= 4 is 12.2 Å². The minimum atomic E-state index is 0.296. The van der Waals surface area contributed by atoms with Gasteiger partial charge in [-0.05, 0) is 60.4 Å². The number of rotatable bonds is 5. The van der Waals surface area contributed by atoms with Crippen molar-refractivity contribution in [2.45, 2.75) is 65.0 Å². The first kappa shape index (κ1) is 16.4. The molecule has 0 aromatic heterocycles. The first-order chi connectivity index (χ1) is 10.7. The molecule has 22 heavy (non-hydrogen) atoms. The van der Waals surface area contributed by atoms with Crippen molar-refractivity contribution in [3.63, 3.8) is 0 Å². The lowest BCUT2D eigenvalue weighted by atomic mass is 9.79. The Balaban J connectivity index is 2.48. The van der Waals surface area contributed by atoms with Gasteiger partial charge in [-0.25, -0.2) is 19.6 Å². The van der Waals surface area contributed by atoms with E-state index in [-0.39, 0.29) is 0 Å². The fraction of sp³-hybridized carbons (Fsp3) is 0.556. The van der Waals surface area contributed by atoms with Crippen LogP contribution in [0.5, 0.6) is 0 Å². The highest BCUT2D eigenvalue weighted by molar-refractivity contribution is 5.48. The molecular formula is C18H22N2O2. The molecule has 1 aliphatic rings. The van der Waals surface area contributed by atoms with Gasteiger partial charge in [0.1, 0.15) is 0 Å². The van der Waals surface area contributed by atoms with Crippen LogP contribution in [0.3, 0.4) is 0 Å². The Hall–Kier alpha value is -2.02. The van der Waals surface area contributed by atoms with Crippen LogP contribution < -0.4 is 0 Å². The van der Waals surface area contributed by atoms with E-state index in [1.807, 2.05) is 0 Å². The highest BCUT2D eigenvalue weighted by Gasteiger charge is 2.21. The number of carbonyl (C=O) groups excluding carboxylic acids is 2. The molecule has 0 bridgehead atoms. The third-order valence-corrected chi connectivity index (χ3v) is 4.83. The Morgan fingerprint density at radius 1 is 1.00 bits per heavy atom. The average Bonchev–Trinajstić information content (AvgIpc) is 2.55. The minimum Gasteiger partial charge on any atom is -0.211 e. The topological polar surface area (TPSA) is 58.9 Å². The lowest BCUT2D eigenvalue weighted by Gasteiger charge is -2.26. The molecule has 2 rings (SSSR count). The van der Waals surface area contributed by atoms with Gasteiger partial charge in [0.25, 0.3) is 0 Å². The van der Waals surface area contributed by atoms with Crippen molar-refractivity contribution in [1.29, 1.82) is 0 Å². The predicted molar refractivity (Wildman–Crippen MR) is 85.4 cm³/mol. The summed E-state index contributed by atoms with van der Waals surface area (Å²) in [5.41, 5.74) is 5.76. The molecule has 0 N–H and O–H groups in total. The molecule has 0 spiro atoms. The maximum atomic E-state index is 10.5. The van der Waals surface area contributed by atoms with E-state index in [2.05, 4.69) is 29.9 Å². The Kier molecular flexibility index (Phi) is 5.83. The van der Waals surface area contributed by atoms with Crippen molar-refractivity contribution in [3.05, 3.63) is 33.9 Å². The van der Waals surface area contributed by atoms with Gasteiger partial charge in [0.05, 0.1) is 13.1 Å². The van der Waals surface area contributed by atoms with Crippen molar-refractivity contribution in [3.8, 4) is 0 Å². The monoisotopic (exact) mass is 298 g/mol. The van der Waals surface area contributed by atoms with Crippen LogP contribution in [0.15, 0.2) is 16.1 Å². The first-order valence-corrected chi connectivity index (χ1v) is 7.88. The van der Waals surface area contributed by atoms with Gasteiger partial charge in [-0.15, -0.1) is 0 Å². The van der Waals surface area contributed by atoms with E-state index in [4.69, 9.17) is 0 Å². The number of benzene rings is 1. The average molecular weight is 298 g/mol. The molecule has 0 aliphatic heterocycles. The molecule has 1 saturated carbocycles. The Bertz CT molecular complexity index is 633. The predicted octanol–water partition coefficient (Wildman–Crippen LogP) is 4.02. The third-order valence-electron chi connectivity index (χ3n) is 4.83. The number of hydrogen-bond acceptors (Lipinski definition) is 4. The van der Waals surface area contributed by atoms with Crippen LogP contribution in [0.25, 0.3) is 0 Å². The smallest absolute Gasteiger partial charge is 0.211 e. The van der Waals surface area contributed by atoms with Crippen molar-refractivity contribution < 1.29 is 9.59 Å². The molecule has 1 fully saturated rings. The Morgan fingerprint density at radius 2 is 1.64 bits per heavy atom. The van der Waals surface area contributed by atoms with Crippen LogP contribution in [0.2, 0.25) is 0 Å².